The summed E-state index contributed by atoms with van der Waals surface area (Å²) in [6, 6.07) is 69.5. The molecule has 0 aliphatic heterocycles. The average Bonchev–Trinajstić information content (AvgIpc) is 3.94. The van der Waals surface area contributed by atoms with Crippen LogP contribution >= 0.6 is 11.3 Å². The lowest BCUT2D eigenvalue weighted by atomic mass is 10.1. The molecule has 0 bridgehead atoms. The molecule has 12 rings (SSSR count). The molecule has 0 N–H and O–H groups in total. The van der Waals surface area contributed by atoms with Crippen LogP contribution in [0.5, 0.6) is 0 Å². The highest BCUT2D eigenvalue weighted by Gasteiger charge is 2.20. The van der Waals surface area contributed by atoms with Crippen molar-refractivity contribution in [3.8, 4) is 45.3 Å². The minimum Gasteiger partial charge on any atom is -0.309 e. The molecule has 0 unspecified atom stereocenters. The van der Waals surface area contributed by atoms with Gasteiger partial charge in [-0.15, -0.1) is 11.3 Å². The zero-order chi connectivity index (χ0) is 37.5. The molecule has 4 nitrogen and oxygen atoms in total. The molecule has 0 saturated carbocycles. The average molecular weight is 745 g/mol. The van der Waals surface area contributed by atoms with E-state index in [0.29, 0.717) is 5.82 Å². The fraction of sp³-hybridized carbons (Fsp3) is 0. The number of benzene rings is 8. The fourth-order valence-electron chi connectivity index (χ4n) is 8.76. The van der Waals surface area contributed by atoms with Crippen molar-refractivity contribution in [2.24, 2.45) is 0 Å². The van der Waals surface area contributed by atoms with Crippen LogP contribution in [0.4, 0.5) is 0 Å². The fourth-order valence-corrected chi connectivity index (χ4v) is 9.87. The molecular weight excluding hydrogens is 713 g/mol. The first kappa shape index (κ1) is 32.0. The lowest BCUT2D eigenvalue weighted by Gasteiger charge is -2.12. The summed E-state index contributed by atoms with van der Waals surface area (Å²) in [5.74, 6) is 0.712. The summed E-state index contributed by atoms with van der Waals surface area (Å²) in [5, 5.41) is 7.57. The van der Waals surface area contributed by atoms with E-state index in [1.54, 1.807) is 0 Å². The monoisotopic (exact) mass is 744 g/mol. The van der Waals surface area contributed by atoms with E-state index < -0.39 is 0 Å². The molecular formula is C52H32N4S. The van der Waals surface area contributed by atoms with Crippen LogP contribution in [-0.2, 0) is 0 Å². The predicted octanol–water partition coefficient (Wildman–Crippen LogP) is 14.0. The smallest absolute Gasteiger partial charge is 0.160 e. The second kappa shape index (κ2) is 12.6. The summed E-state index contributed by atoms with van der Waals surface area (Å²) in [6.45, 7) is 0. The van der Waals surface area contributed by atoms with Crippen LogP contribution in [0, 0.1) is 0 Å². The third-order valence-corrected chi connectivity index (χ3v) is 12.5. The minimum atomic E-state index is 0.712. The molecule has 0 radical (unpaired) electrons. The van der Waals surface area contributed by atoms with E-state index in [9.17, 15) is 0 Å². The number of fused-ring (bicyclic) bond motifs is 10. The molecule has 5 heteroatoms. The van der Waals surface area contributed by atoms with Crippen LogP contribution < -0.4 is 0 Å². The van der Waals surface area contributed by atoms with Crippen LogP contribution in [0.1, 0.15) is 0 Å². The van der Waals surface area contributed by atoms with Gasteiger partial charge in [-0.2, -0.15) is 0 Å². The van der Waals surface area contributed by atoms with Gasteiger partial charge < -0.3 is 9.13 Å². The van der Waals surface area contributed by atoms with Gasteiger partial charge in [0.05, 0.1) is 33.5 Å². The molecule has 4 heterocycles. The molecule has 0 saturated heterocycles. The summed E-state index contributed by atoms with van der Waals surface area (Å²) >= 11 is 1.86. The quantitative estimate of drug-likeness (QED) is 0.176. The van der Waals surface area contributed by atoms with Gasteiger partial charge in [-0.25, -0.2) is 9.97 Å². The first-order valence-corrected chi connectivity index (χ1v) is 20.1. The molecule has 8 aromatic carbocycles. The zero-order valence-electron chi connectivity index (χ0n) is 30.7. The van der Waals surface area contributed by atoms with Crippen molar-refractivity contribution in [3.63, 3.8) is 0 Å². The molecule has 0 spiro atoms. The number of nitrogens with zero attached hydrogens (tertiary/aromatic N) is 4. The number of aromatic nitrogens is 4. The molecule has 0 aliphatic carbocycles. The van der Waals surface area contributed by atoms with Gasteiger partial charge in [0.15, 0.2) is 5.82 Å². The number of para-hydroxylation sites is 2. The Morgan fingerprint density at radius 3 is 1.61 bits per heavy atom. The SMILES string of the molecule is c1ccc(-c2cc(-c3ccc(-n4c5ccc(-n6c7ccccc7c7ccccc76)cc5c5ccc6sc7ccccc7c6c54)cc3)nc(-c3ccccc3)n2)cc1. The van der Waals surface area contributed by atoms with E-state index in [1.165, 1.54) is 63.8 Å². The summed E-state index contributed by atoms with van der Waals surface area (Å²) in [7, 11) is 0. The summed E-state index contributed by atoms with van der Waals surface area (Å²) < 4.78 is 7.46. The third-order valence-electron chi connectivity index (χ3n) is 11.3. The molecule has 12 aromatic rings. The maximum absolute atomic E-state index is 5.12. The van der Waals surface area contributed by atoms with Crippen molar-refractivity contribution in [2.75, 3.05) is 0 Å². The van der Waals surface area contributed by atoms with E-state index in [1.807, 2.05) is 35.6 Å². The Morgan fingerprint density at radius 1 is 0.351 bits per heavy atom. The Morgan fingerprint density at radius 2 is 0.912 bits per heavy atom. The maximum Gasteiger partial charge on any atom is 0.160 e. The lowest BCUT2D eigenvalue weighted by Crippen LogP contribution is -1.97. The minimum absolute atomic E-state index is 0.712. The van der Waals surface area contributed by atoms with Gasteiger partial charge in [0.2, 0.25) is 0 Å². The molecule has 0 atom stereocenters. The second-order valence-corrected chi connectivity index (χ2v) is 15.7. The van der Waals surface area contributed by atoms with E-state index in [-0.39, 0.29) is 0 Å². The number of thiophene rings is 1. The van der Waals surface area contributed by atoms with E-state index >= 15 is 0 Å². The first-order valence-electron chi connectivity index (χ1n) is 19.2. The largest absolute Gasteiger partial charge is 0.309 e. The Labute approximate surface area is 332 Å². The van der Waals surface area contributed by atoms with Crippen LogP contribution in [-0.4, -0.2) is 19.1 Å². The molecule has 0 aliphatic rings. The van der Waals surface area contributed by atoms with E-state index in [4.69, 9.17) is 9.97 Å². The van der Waals surface area contributed by atoms with Crippen LogP contribution in [0.25, 0.3) is 109 Å². The zero-order valence-corrected chi connectivity index (χ0v) is 31.5. The van der Waals surface area contributed by atoms with Crippen molar-refractivity contribution in [2.45, 2.75) is 0 Å². The number of rotatable bonds is 5. The maximum atomic E-state index is 5.12. The second-order valence-electron chi connectivity index (χ2n) is 14.6. The van der Waals surface area contributed by atoms with Crippen molar-refractivity contribution >= 4 is 75.1 Å². The van der Waals surface area contributed by atoms with Gasteiger partial charge in [0, 0.05) is 69.8 Å². The lowest BCUT2D eigenvalue weighted by molar-refractivity contribution is 1.16. The Balaban J connectivity index is 1.08. The van der Waals surface area contributed by atoms with E-state index in [0.717, 1.165) is 39.5 Å². The van der Waals surface area contributed by atoms with Crippen LogP contribution in [0.15, 0.2) is 194 Å². The first-order chi connectivity index (χ1) is 28.3. The van der Waals surface area contributed by atoms with Gasteiger partial charge >= 0.3 is 0 Å². The molecule has 266 valence electrons. The Bertz CT molecular complexity index is 3390. The highest BCUT2D eigenvalue weighted by Crippen LogP contribution is 2.44. The number of hydrogen-bond donors (Lipinski definition) is 0. The van der Waals surface area contributed by atoms with Crippen LogP contribution in [0.2, 0.25) is 0 Å². The van der Waals surface area contributed by atoms with Gasteiger partial charge in [-0.1, -0.05) is 133 Å². The van der Waals surface area contributed by atoms with Crippen molar-refractivity contribution in [1.29, 1.82) is 0 Å². The molecule has 0 amide bonds. The van der Waals surface area contributed by atoms with E-state index in [2.05, 4.69) is 179 Å². The topological polar surface area (TPSA) is 35.6 Å². The summed E-state index contributed by atoms with van der Waals surface area (Å²) in [6.07, 6.45) is 0. The normalized spacial score (nSPS) is 11.9. The Kier molecular flexibility index (Phi) is 7.06. The van der Waals surface area contributed by atoms with Gasteiger partial charge in [-0.05, 0) is 60.7 Å². The van der Waals surface area contributed by atoms with Gasteiger partial charge in [-0.3, -0.25) is 0 Å². The Hall–Kier alpha value is -7.34. The highest BCUT2D eigenvalue weighted by atomic mass is 32.1. The van der Waals surface area contributed by atoms with Gasteiger partial charge in [0.25, 0.3) is 0 Å². The van der Waals surface area contributed by atoms with Crippen molar-refractivity contribution in [1.82, 2.24) is 19.1 Å². The molecule has 0 fully saturated rings. The molecule has 4 aromatic heterocycles. The van der Waals surface area contributed by atoms with Gasteiger partial charge in [0.1, 0.15) is 0 Å². The molecule has 57 heavy (non-hydrogen) atoms. The summed E-state index contributed by atoms with van der Waals surface area (Å²) in [4.78, 5) is 10.1. The summed E-state index contributed by atoms with van der Waals surface area (Å²) in [5.41, 5.74) is 11.9. The highest BCUT2D eigenvalue weighted by molar-refractivity contribution is 7.26. The third kappa shape index (κ3) is 4.99. The predicted molar refractivity (Wildman–Crippen MR) is 240 cm³/mol. The van der Waals surface area contributed by atoms with Crippen LogP contribution in [0.3, 0.4) is 0 Å². The van der Waals surface area contributed by atoms with Crippen molar-refractivity contribution < 1.29 is 0 Å². The van der Waals surface area contributed by atoms with Crippen molar-refractivity contribution in [3.05, 3.63) is 194 Å². The standard InChI is InChI=1S/C52H32N4S/c1-3-13-33(14-4-1)43-32-44(54-52(53-43)35-15-5-2-6-16-35)34-23-25-36(26-24-34)56-47-29-27-37(55-45-20-10-7-17-38(45)39-18-8-11-21-46(39)55)31-42(47)40-28-30-49-50(51(40)56)41-19-9-12-22-48(41)57-49/h1-32H. The number of hydrogen-bond acceptors (Lipinski definition) is 3.